The molecule has 1 heterocycles. The molecule has 2 N–H and O–H groups in total. The third-order valence-electron chi connectivity index (χ3n) is 4.87. The van der Waals surface area contributed by atoms with Crippen LogP contribution in [0.2, 0.25) is 0 Å². The van der Waals surface area contributed by atoms with Crippen molar-refractivity contribution in [2.45, 2.75) is 31.3 Å². The Hall–Kier alpha value is -1.10. The number of likely N-dealkylation sites (N-methyl/N-ethyl adjacent to an activating group) is 1. The van der Waals surface area contributed by atoms with Crippen LogP contribution in [-0.4, -0.2) is 48.4 Å². The van der Waals surface area contributed by atoms with E-state index in [9.17, 15) is 4.79 Å². The number of hydrogen-bond acceptors (Lipinski definition) is 3. The Bertz CT molecular complexity index is 496. The van der Waals surface area contributed by atoms with Gasteiger partial charge in [-0.15, -0.1) is 12.4 Å². The summed E-state index contributed by atoms with van der Waals surface area (Å²) in [5.74, 6) is 0.444. The van der Waals surface area contributed by atoms with Gasteiger partial charge in [0.05, 0.1) is 6.04 Å². The van der Waals surface area contributed by atoms with Gasteiger partial charge in [0.25, 0.3) is 0 Å². The highest BCUT2D eigenvalue weighted by Gasteiger charge is 2.36. The molecule has 1 aromatic rings. The Morgan fingerprint density at radius 3 is 2.55 bits per heavy atom. The molecular formula is C17H26ClN3O. The molecule has 1 aliphatic heterocycles. The Morgan fingerprint density at radius 1 is 1.18 bits per heavy atom. The molecule has 1 aromatic carbocycles. The molecule has 1 amide bonds. The second kappa shape index (κ2) is 7.44. The number of carbonyl (C=O) groups is 1. The molecular weight excluding hydrogens is 298 g/mol. The lowest BCUT2D eigenvalue weighted by molar-refractivity contribution is -0.140. The van der Waals surface area contributed by atoms with Crippen LogP contribution < -0.4 is 5.73 Å². The minimum atomic E-state index is 0. The molecule has 3 unspecified atom stereocenters. The van der Waals surface area contributed by atoms with Gasteiger partial charge in [0.15, 0.2) is 0 Å². The van der Waals surface area contributed by atoms with Crippen molar-refractivity contribution in [3.63, 3.8) is 0 Å². The van der Waals surface area contributed by atoms with Gasteiger partial charge >= 0.3 is 0 Å². The monoisotopic (exact) mass is 323 g/mol. The maximum atomic E-state index is 12.9. The zero-order chi connectivity index (χ0) is 14.8. The van der Waals surface area contributed by atoms with E-state index >= 15 is 0 Å². The standard InChI is InChI=1S/C17H25N3O.ClH/c1-19-9-10-20(17(21)14-7-8-15(18)11-14)16(12-19)13-5-3-2-4-6-13;/h2-6,14-16H,7-12,18H2,1H3;1H. The molecule has 122 valence electrons. The SMILES string of the molecule is CN1CCN(C(=O)C2CCC(N)C2)C(c2ccccc2)C1.Cl. The van der Waals surface area contributed by atoms with Crippen molar-refractivity contribution in [1.29, 1.82) is 0 Å². The normalized spacial score (nSPS) is 29.2. The summed E-state index contributed by atoms with van der Waals surface area (Å²) in [6, 6.07) is 10.8. The van der Waals surface area contributed by atoms with E-state index in [1.807, 2.05) is 6.07 Å². The van der Waals surface area contributed by atoms with Crippen molar-refractivity contribution < 1.29 is 4.79 Å². The maximum Gasteiger partial charge on any atom is 0.226 e. The molecule has 4 nitrogen and oxygen atoms in total. The minimum absolute atomic E-state index is 0. The van der Waals surface area contributed by atoms with Crippen LogP contribution >= 0.6 is 12.4 Å². The van der Waals surface area contributed by atoms with Crippen molar-refractivity contribution in [2.75, 3.05) is 26.7 Å². The molecule has 2 aliphatic rings. The third-order valence-corrected chi connectivity index (χ3v) is 4.87. The molecule has 22 heavy (non-hydrogen) atoms. The summed E-state index contributed by atoms with van der Waals surface area (Å²) in [4.78, 5) is 17.3. The van der Waals surface area contributed by atoms with E-state index < -0.39 is 0 Å². The summed E-state index contributed by atoms with van der Waals surface area (Å²) < 4.78 is 0. The Kier molecular flexibility index (Phi) is 5.84. The van der Waals surface area contributed by atoms with E-state index in [0.717, 1.165) is 38.9 Å². The van der Waals surface area contributed by atoms with Crippen LogP contribution in [0.25, 0.3) is 0 Å². The van der Waals surface area contributed by atoms with Gasteiger partial charge in [-0.25, -0.2) is 0 Å². The Balaban J connectivity index is 0.00000176. The first-order valence-corrected chi connectivity index (χ1v) is 7.94. The average molecular weight is 324 g/mol. The van der Waals surface area contributed by atoms with Crippen molar-refractivity contribution in [1.82, 2.24) is 9.80 Å². The van der Waals surface area contributed by atoms with E-state index in [-0.39, 0.29) is 30.4 Å². The smallest absolute Gasteiger partial charge is 0.226 e. The summed E-state index contributed by atoms with van der Waals surface area (Å²) in [5, 5.41) is 0. The molecule has 0 bridgehead atoms. The average Bonchev–Trinajstić information content (AvgIpc) is 2.94. The number of piperazine rings is 1. The summed E-state index contributed by atoms with van der Waals surface area (Å²) in [6.07, 6.45) is 2.79. The van der Waals surface area contributed by atoms with E-state index in [1.54, 1.807) is 0 Å². The largest absolute Gasteiger partial charge is 0.333 e. The molecule has 5 heteroatoms. The predicted molar refractivity (Wildman–Crippen MR) is 91.0 cm³/mol. The zero-order valence-electron chi connectivity index (χ0n) is 13.1. The molecule has 0 spiro atoms. The van der Waals surface area contributed by atoms with Crippen LogP contribution in [0.1, 0.15) is 30.9 Å². The van der Waals surface area contributed by atoms with Crippen LogP contribution in [-0.2, 0) is 4.79 Å². The van der Waals surface area contributed by atoms with Crippen LogP contribution in [0.4, 0.5) is 0 Å². The first-order valence-electron chi connectivity index (χ1n) is 7.94. The number of benzene rings is 1. The highest BCUT2D eigenvalue weighted by atomic mass is 35.5. The molecule has 1 saturated carbocycles. The van der Waals surface area contributed by atoms with E-state index in [4.69, 9.17) is 5.73 Å². The quantitative estimate of drug-likeness (QED) is 0.906. The van der Waals surface area contributed by atoms with Gasteiger partial charge in [-0.1, -0.05) is 30.3 Å². The first kappa shape index (κ1) is 17.3. The van der Waals surface area contributed by atoms with Gasteiger partial charge in [0, 0.05) is 31.6 Å². The van der Waals surface area contributed by atoms with Crippen LogP contribution in [0, 0.1) is 5.92 Å². The highest BCUT2D eigenvalue weighted by Crippen LogP contribution is 2.31. The lowest BCUT2D eigenvalue weighted by Crippen LogP contribution is -2.50. The van der Waals surface area contributed by atoms with Crippen LogP contribution in [0.3, 0.4) is 0 Å². The van der Waals surface area contributed by atoms with E-state index in [1.165, 1.54) is 5.56 Å². The fourth-order valence-electron chi connectivity index (χ4n) is 3.62. The number of amides is 1. The number of nitrogens with zero attached hydrogens (tertiary/aromatic N) is 2. The highest BCUT2D eigenvalue weighted by molar-refractivity contribution is 5.85. The molecule has 0 radical (unpaired) electrons. The second-order valence-electron chi connectivity index (χ2n) is 6.49. The molecule has 1 saturated heterocycles. The van der Waals surface area contributed by atoms with Gasteiger partial charge in [-0.2, -0.15) is 0 Å². The maximum absolute atomic E-state index is 12.9. The van der Waals surface area contributed by atoms with Crippen molar-refractivity contribution in [3.8, 4) is 0 Å². The fourth-order valence-corrected chi connectivity index (χ4v) is 3.62. The van der Waals surface area contributed by atoms with E-state index in [2.05, 4.69) is 41.1 Å². The summed E-state index contributed by atoms with van der Waals surface area (Å²) >= 11 is 0. The van der Waals surface area contributed by atoms with Gasteiger partial charge in [0.1, 0.15) is 0 Å². The summed E-state index contributed by atoms with van der Waals surface area (Å²) in [5.41, 5.74) is 7.22. The molecule has 3 atom stereocenters. The topological polar surface area (TPSA) is 49.6 Å². The number of hydrogen-bond donors (Lipinski definition) is 1. The summed E-state index contributed by atoms with van der Waals surface area (Å²) in [6.45, 7) is 2.68. The lowest BCUT2D eigenvalue weighted by Gasteiger charge is -2.41. The van der Waals surface area contributed by atoms with Crippen molar-refractivity contribution >= 4 is 18.3 Å². The van der Waals surface area contributed by atoms with Gasteiger partial charge in [-0.3, -0.25) is 4.79 Å². The van der Waals surface area contributed by atoms with Crippen molar-refractivity contribution in [2.24, 2.45) is 11.7 Å². The fraction of sp³-hybridized carbons (Fsp3) is 0.588. The second-order valence-corrected chi connectivity index (χ2v) is 6.49. The molecule has 1 aliphatic carbocycles. The Morgan fingerprint density at radius 2 is 1.91 bits per heavy atom. The minimum Gasteiger partial charge on any atom is -0.333 e. The first-order chi connectivity index (χ1) is 10.1. The number of nitrogens with two attached hydrogens (primary N) is 1. The summed E-state index contributed by atoms with van der Waals surface area (Å²) in [7, 11) is 2.13. The van der Waals surface area contributed by atoms with Crippen LogP contribution in [0.5, 0.6) is 0 Å². The predicted octanol–water partition coefficient (Wildman–Crippen LogP) is 2.05. The molecule has 0 aromatic heterocycles. The molecule has 3 rings (SSSR count). The van der Waals surface area contributed by atoms with Gasteiger partial charge in [0.2, 0.25) is 5.91 Å². The van der Waals surface area contributed by atoms with Gasteiger partial charge < -0.3 is 15.5 Å². The van der Waals surface area contributed by atoms with E-state index in [0.29, 0.717) is 5.91 Å². The van der Waals surface area contributed by atoms with Crippen LogP contribution in [0.15, 0.2) is 30.3 Å². The number of halogens is 1. The molecule has 2 fully saturated rings. The van der Waals surface area contributed by atoms with Crippen molar-refractivity contribution in [3.05, 3.63) is 35.9 Å². The van der Waals surface area contributed by atoms with Gasteiger partial charge in [-0.05, 0) is 31.9 Å². The number of carbonyl (C=O) groups excluding carboxylic acids is 1. The Labute approximate surface area is 139 Å². The number of rotatable bonds is 2. The zero-order valence-corrected chi connectivity index (χ0v) is 14.0. The third kappa shape index (κ3) is 3.62. The lowest BCUT2D eigenvalue weighted by atomic mass is 9.98.